The van der Waals surface area contributed by atoms with E-state index in [0.29, 0.717) is 22.7 Å². The van der Waals surface area contributed by atoms with Crippen LogP contribution >= 0.6 is 11.6 Å². The molecule has 196 valence electrons. The fraction of sp³-hybridized carbons (Fsp3) is 0.333. The molecule has 37 heavy (non-hydrogen) atoms. The second-order valence-corrected chi connectivity index (χ2v) is 8.48. The number of ketones is 1. The van der Waals surface area contributed by atoms with E-state index < -0.39 is 11.7 Å². The Balaban J connectivity index is 1.99. The Morgan fingerprint density at radius 2 is 1.70 bits per heavy atom. The number of halogens is 1. The number of hydrogen-bond donors (Lipinski definition) is 1. The molecule has 0 radical (unpaired) electrons. The maximum atomic E-state index is 13.2. The maximum absolute atomic E-state index is 13.2. The summed E-state index contributed by atoms with van der Waals surface area (Å²) >= 11 is 6.37. The van der Waals surface area contributed by atoms with Gasteiger partial charge in [0.15, 0.2) is 11.5 Å². The minimum absolute atomic E-state index is 0.0124. The van der Waals surface area contributed by atoms with Crippen LogP contribution in [-0.4, -0.2) is 56.8 Å². The molecule has 0 aliphatic heterocycles. The quantitative estimate of drug-likeness (QED) is 0.470. The molecule has 2 aromatic rings. The van der Waals surface area contributed by atoms with Crippen LogP contribution in [0.1, 0.15) is 36.8 Å². The van der Waals surface area contributed by atoms with Crippen molar-refractivity contribution in [3.8, 4) is 17.2 Å². The highest BCUT2D eigenvalue weighted by molar-refractivity contribution is 6.49. The van der Waals surface area contributed by atoms with Crippen molar-refractivity contribution in [1.82, 2.24) is 10.3 Å². The van der Waals surface area contributed by atoms with E-state index in [2.05, 4.69) is 29.0 Å². The zero-order chi connectivity index (χ0) is 27.3. The highest BCUT2D eigenvalue weighted by Crippen LogP contribution is 2.40. The Morgan fingerprint density at radius 3 is 2.27 bits per heavy atom. The lowest BCUT2D eigenvalue weighted by Gasteiger charge is -2.21. The second kappa shape index (κ2) is 11.9. The van der Waals surface area contributed by atoms with Crippen molar-refractivity contribution in [2.45, 2.75) is 27.7 Å². The van der Waals surface area contributed by atoms with Gasteiger partial charge in [0.1, 0.15) is 5.82 Å². The molecule has 0 spiro atoms. The first-order chi connectivity index (χ1) is 17.7. The van der Waals surface area contributed by atoms with Gasteiger partial charge in [0.25, 0.3) is 5.91 Å². The summed E-state index contributed by atoms with van der Waals surface area (Å²) in [6.07, 6.45) is 1.51. The number of anilines is 1. The molecule has 1 heterocycles. The third-order valence-corrected chi connectivity index (χ3v) is 6.46. The number of carbonyl (C=O) groups excluding carboxylic acids is 2. The highest BCUT2D eigenvalue weighted by atomic mass is 35.5. The van der Waals surface area contributed by atoms with E-state index in [9.17, 15) is 9.59 Å². The zero-order valence-corrected chi connectivity index (χ0v) is 22.8. The second-order valence-electron chi connectivity index (χ2n) is 8.11. The molecule has 1 N–H and O–H groups in total. The molecule has 0 saturated heterocycles. The molecule has 10 heteroatoms. The van der Waals surface area contributed by atoms with E-state index >= 15 is 0 Å². The third-order valence-electron chi connectivity index (χ3n) is 6.01. The molecular formula is C27H31ClN4O5. The molecule has 0 fully saturated rings. The maximum Gasteiger partial charge on any atom is 0.259 e. The largest absolute Gasteiger partial charge is 0.493 e. The van der Waals surface area contributed by atoms with Crippen molar-refractivity contribution >= 4 is 40.5 Å². The first kappa shape index (κ1) is 27.7. The molecule has 9 nitrogen and oxygen atoms in total. The van der Waals surface area contributed by atoms with E-state index in [0.717, 1.165) is 24.6 Å². The van der Waals surface area contributed by atoms with Gasteiger partial charge in [-0.3, -0.25) is 9.59 Å². The van der Waals surface area contributed by atoms with Crippen LogP contribution in [0.15, 0.2) is 51.6 Å². The van der Waals surface area contributed by atoms with Gasteiger partial charge in [-0.2, -0.15) is 0 Å². The van der Waals surface area contributed by atoms with Gasteiger partial charge in [0.05, 0.1) is 54.7 Å². The summed E-state index contributed by atoms with van der Waals surface area (Å²) in [4.78, 5) is 37.6. The molecule has 0 atom stereocenters. The van der Waals surface area contributed by atoms with Crippen molar-refractivity contribution in [3.05, 3.63) is 57.9 Å². The van der Waals surface area contributed by atoms with E-state index in [4.69, 9.17) is 30.8 Å². The van der Waals surface area contributed by atoms with Gasteiger partial charge in [-0.05, 0) is 63.6 Å². The Hall–Kier alpha value is -3.85. The molecular weight excluding hydrogens is 496 g/mol. The first-order valence-corrected chi connectivity index (χ1v) is 12.1. The monoisotopic (exact) mass is 526 g/mol. The Labute approximate surface area is 221 Å². The fourth-order valence-corrected chi connectivity index (χ4v) is 4.10. The van der Waals surface area contributed by atoms with Crippen LogP contribution in [0.2, 0.25) is 0 Å². The van der Waals surface area contributed by atoms with Crippen molar-refractivity contribution in [2.75, 3.05) is 39.3 Å². The number of carbonyl (C=O) groups is 2. The van der Waals surface area contributed by atoms with Crippen LogP contribution in [0.3, 0.4) is 0 Å². The summed E-state index contributed by atoms with van der Waals surface area (Å²) in [6, 6.07) is 6.88. The van der Waals surface area contributed by atoms with Crippen LogP contribution in [-0.2, 0) is 4.79 Å². The lowest BCUT2D eigenvalue weighted by molar-refractivity contribution is -0.112. The Bertz CT molecular complexity index is 1310. The molecule has 3 rings (SSSR count). The molecule has 1 amide bonds. The minimum Gasteiger partial charge on any atom is -0.493 e. The van der Waals surface area contributed by atoms with Gasteiger partial charge in [0, 0.05) is 13.1 Å². The van der Waals surface area contributed by atoms with Gasteiger partial charge in [-0.1, -0.05) is 11.6 Å². The number of nitrogens with zero attached hydrogens (tertiary/aromatic N) is 3. The predicted molar refractivity (Wildman–Crippen MR) is 145 cm³/mol. The van der Waals surface area contributed by atoms with E-state index in [1.807, 2.05) is 19.1 Å². The van der Waals surface area contributed by atoms with Crippen molar-refractivity contribution in [3.63, 3.8) is 0 Å². The average Bonchev–Trinajstić information content (AvgIpc) is 2.90. The van der Waals surface area contributed by atoms with Crippen LogP contribution in [0.5, 0.6) is 17.2 Å². The fourth-order valence-electron chi connectivity index (χ4n) is 3.90. The summed E-state index contributed by atoms with van der Waals surface area (Å²) in [5.74, 6) is 0.595. The van der Waals surface area contributed by atoms with Gasteiger partial charge in [-0.25, -0.2) is 9.98 Å². The van der Waals surface area contributed by atoms with E-state index in [-0.39, 0.29) is 27.8 Å². The number of Topliss-reactive ketones (excluding diaryl/α,β-unsaturated/α-hetero) is 1. The summed E-state index contributed by atoms with van der Waals surface area (Å²) in [5, 5.41) is 2.62. The molecule has 1 aromatic heterocycles. The molecule has 1 aromatic carbocycles. The number of aliphatic imine (C=N–C) groups is 1. The minimum atomic E-state index is -0.581. The Kier molecular flexibility index (Phi) is 8.94. The van der Waals surface area contributed by atoms with Crippen LogP contribution < -0.4 is 24.4 Å². The number of methoxy groups -OCH3 is 3. The third kappa shape index (κ3) is 5.61. The lowest BCUT2D eigenvalue weighted by atomic mass is 10.0. The van der Waals surface area contributed by atoms with Crippen LogP contribution in [0.25, 0.3) is 0 Å². The molecule has 1 aliphatic carbocycles. The number of nitrogens with one attached hydrogen (secondary N) is 1. The number of aromatic nitrogens is 1. The van der Waals surface area contributed by atoms with Crippen LogP contribution in [0, 0.1) is 6.92 Å². The number of ether oxygens (including phenoxy) is 3. The summed E-state index contributed by atoms with van der Waals surface area (Å²) in [5.41, 5.74) is 2.45. The summed E-state index contributed by atoms with van der Waals surface area (Å²) in [6.45, 7) is 9.40. The van der Waals surface area contributed by atoms with Crippen LogP contribution in [0.4, 0.5) is 11.5 Å². The molecule has 0 unspecified atom stereocenters. The SMILES string of the molecule is CCN(CC)c1ccc(/N=C2\C=C(NC(=O)c3ccc(OC)c(OC)c3OC)C(=O)C(Cl)=C2C)c(C)n1. The lowest BCUT2D eigenvalue weighted by Crippen LogP contribution is -2.31. The standard InChI is InChI=1S/C27H31ClN4O5/c1-8-32(9-2)22-13-11-18(16(4)29-22)30-19-14-20(24(33)23(28)15(19)3)31-27(34)17-10-12-21(35-5)26(37-7)25(17)36-6/h10-14H,8-9H2,1-7H3,(H,31,34)/b30-19+. The summed E-state index contributed by atoms with van der Waals surface area (Å²) < 4.78 is 16.0. The molecule has 1 aliphatic rings. The van der Waals surface area contributed by atoms with Crippen molar-refractivity contribution in [2.24, 2.45) is 4.99 Å². The number of allylic oxidation sites excluding steroid dienone is 3. The number of benzene rings is 1. The molecule has 0 bridgehead atoms. The number of pyridine rings is 1. The number of hydrogen-bond acceptors (Lipinski definition) is 8. The number of rotatable bonds is 9. The average molecular weight is 527 g/mol. The zero-order valence-electron chi connectivity index (χ0n) is 22.1. The normalized spacial score (nSPS) is 14.4. The van der Waals surface area contributed by atoms with Crippen molar-refractivity contribution < 1.29 is 23.8 Å². The van der Waals surface area contributed by atoms with Crippen molar-refractivity contribution in [1.29, 1.82) is 0 Å². The van der Waals surface area contributed by atoms with E-state index in [1.54, 1.807) is 13.0 Å². The van der Waals surface area contributed by atoms with Gasteiger partial charge in [0.2, 0.25) is 11.5 Å². The van der Waals surface area contributed by atoms with E-state index in [1.165, 1.54) is 33.5 Å². The number of aryl methyl sites for hydroxylation is 1. The molecule has 0 saturated carbocycles. The van der Waals surface area contributed by atoms with Gasteiger partial charge in [-0.15, -0.1) is 0 Å². The first-order valence-electron chi connectivity index (χ1n) is 11.7. The Morgan fingerprint density at radius 1 is 1.03 bits per heavy atom. The predicted octanol–water partition coefficient (Wildman–Crippen LogP) is 4.74. The smallest absolute Gasteiger partial charge is 0.259 e. The van der Waals surface area contributed by atoms with Gasteiger partial charge >= 0.3 is 0 Å². The highest BCUT2D eigenvalue weighted by Gasteiger charge is 2.28. The summed E-state index contributed by atoms with van der Waals surface area (Å²) in [7, 11) is 4.33. The van der Waals surface area contributed by atoms with Gasteiger partial charge < -0.3 is 24.4 Å². The topological polar surface area (TPSA) is 102 Å². The number of amides is 1.